The Balaban J connectivity index is 1.77. The first-order valence-electron chi connectivity index (χ1n) is 10.1. The van der Waals surface area contributed by atoms with E-state index < -0.39 is 11.2 Å². The van der Waals surface area contributed by atoms with Gasteiger partial charge in [0.2, 0.25) is 5.91 Å². The molecule has 0 aromatic heterocycles. The molecule has 1 spiro atoms. The number of halogens is 3. The van der Waals surface area contributed by atoms with Gasteiger partial charge in [0.25, 0.3) is 0 Å². The summed E-state index contributed by atoms with van der Waals surface area (Å²) in [5.41, 5.74) is -0.0581. The fourth-order valence-corrected chi connectivity index (χ4v) is 5.66. The summed E-state index contributed by atoms with van der Waals surface area (Å²) in [6, 6.07) is 12.2. The standard InChI is InChI=1S/C23H25Cl2FN2O/c1-22(21(29)28-16-8-5-7-15(24)13-16)18(17-9-6-10-19(25)20(17)26)14-27-23(22)11-3-2-4-12-23/h5-10,13,18,27H,2-4,11-12,14H2,1H3,(H,28,29). The summed E-state index contributed by atoms with van der Waals surface area (Å²) >= 11 is 12.2. The monoisotopic (exact) mass is 434 g/mol. The van der Waals surface area contributed by atoms with Crippen LogP contribution in [0.15, 0.2) is 42.5 Å². The maximum atomic E-state index is 15.0. The molecule has 2 aliphatic rings. The van der Waals surface area contributed by atoms with E-state index in [9.17, 15) is 9.18 Å². The molecule has 3 nitrogen and oxygen atoms in total. The van der Waals surface area contributed by atoms with Crippen LogP contribution in [0.2, 0.25) is 10.0 Å². The fraction of sp³-hybridized carbons (Fsp3) is 0.435. The molecule has 1 aliphatic heterocycles. The first-order chi connectivity index (χ1) is 13.9. The van der Waals surface area contributed by atoms with Gasteiger partial charge in [0.05, 0.1) is 10.4 Å². The van der Waals surface area contributed by atoms with Crippen molar-refractivity contribution in [3.8, 4) is 0 Å². The van der Waals surface area contributed by atoms with Gasteiger partial charge in [-0.1, -0.05) is 60.7 Å². The average Bonchev–Trinajstić information content (AvgIpc) is 2.98. The molecule has 4 rings (SSSR count). The quantitative estimate of drug-likeness (QED) is 0.606. The van der Waals surface area contributed by atoms with Crippen LogP contribution in [0.5, 0.6) is 0 Å². The smallest absolute Gasteiger partial charge is 0.232 e. The number of hydrogen-bond donors (Lipinski definition) is 2. The van der Waals surface area contributed by atoms with E-state index in [-0.39, 0.29) is 22.4 Å². The Morgan fingerprint density at radius 2 is 1.86 bits per heavy atom. The van der Waals surface area contributed by atoms with E-state index in [1.54, 1.807) is 36.4 Å². The summed E-state index contributed by atoms with van der Waals surface area (Å²) in [7, 11) is 0. The highest BCUT2D eigenvalue weighted by Crippen LogP contribution is 2.55. The summed E-state index contributed by atoms with van der Waals surface area (Å²) < 4.78 is 15.0. The predicted molar refractivity (Wildman–Crippen MR) is 116 cm³/mol. The third kappa shape index (κ3) is 3.45. The van der Waals surface area contributed by atoms with Gasteiger partial charge in [-0.15, -0.1) is 0 Å². The third-order valence-corrected chi connectivity index (χ3v) is 7.48. The highest BCUT2D eigenvalue weighted by Gasteiger charge is 2.62. The minimum absolute atomic E-state index is 0.0877. The molecule has 1 heterocycles. The lowest BCUT2D eigenvalue weighted by Gasteiger charge is -2.47. The van der Waals surface area contributed by atoms with Gasteiger partial charge in [0.1, 0.15) is 5.82 Å². The number of rotatable bonds is 3. The number of anilines is 1. The van der Waals surface area contributed by atoms with Gasteiger partial charge in [-0.2, -0.15) is 0 Å². The first kappa shape index (κ1) is 20.6. The highest BCUT2D eigenvalue weighted by molar-refractivity contribution is 6.31. The molecule has 1 amide bonds. The zero-order valence-corrected chi connectivity index (χ0v) is 17.9. The molecular weight excluding hydrogens is 410 g/mol. The summed E-state index contributed by atoms with van der Waals surface area (Å²) in [5.74, 6) is -0.870. The maximum Gasteiger partial charge on any atom is 0.232 e. The lowest BCUT2D eigenvalue weighted by atomic mass is 9.59. The zero-order valence-electron chi connectivity index (χ0n) is 16.4. The SMILES string of the molecule is CC1(C(=O)Nc2cccc(Cl)c2)C(c2cccc(Cl)c2F)CNC12CCCCC2. The fourth-order valence-electron chi connectivity index (χ4n) is 5.28. The van der Waals surface area contributed by atoms with Crippen molar-refractivity contribution in [2.45, 2.75) is 50.5 Å². The topological polar surface area (TPSA) is 41.1 Å². The van der Waals surface area contributed by atoms with Crippen LogP contribution >= 0.6 is 23.2 Å². The van der Waals surface area contributed by atoms with Crippen LogP contribution in [0.1, 0.15) is 50.5 Å². The van der Waals surface area contributed by atoms with Crippen molar-refractivity contribution in [2.75, 3.05) is 11.9 Å². The van der Waals surface area contributed by atoms with Gasteiger partial charge >= 0.3 is 0 Å². The van der Waals surface area contributed by atoms with Gasteiger partial charge in [-0.3, -0.25) is 4.79 Å². The normalized spacial score (nSPS) is 25.9. The Morgan fingerprint density at radius 3 is 2.59 bits per heavy atom. The minimum atomic E-state index is -0.832. The van der Waals surface area contributed by atoms with Crippen LogP contribution in [0.25, 0.3) is 0 Å². The van der Waals surface area contributed by atoms with E-state index in [4.69, 9.17) is 23.2 Å². The third-order valence-electron chi connectivity index (χ3n) is 6.95. The van der Waals surface area contributed by atoms with Crippen molar-refractivity contribution in [3.63, 3.8) is 0 Å². The molecule has 2 aromatic rings. The van der Waals surface area contributed by atoms with E-state index in [2.05, 4.69) is 10.6 Å². The molecule has 154 valence electrons. The molecule has 29 heavy (non-hydrogen) atoms. The first-order valence-corrected chi connectivity index (χ1v) is 10.9. The molecule has 6 heteroatoms. The number of carbonyl (C=O) groups is 1. The Hall–Kier alpha value is -1.62. The van der Waals surface area contributed by atoms with Gasteiger partial charge in [0.15, 0.2) is 0 Å². The van der Waals surface area contributed by atoms with E-state index >= 15 is 0 Å². The van der Waals surface area contributed by atoms with Crippen LogP contribution in [-0.2, 0) is 4.79 Å². The summed E-state index contributed by atoms with van der Waals surface area (Å²) in [5, 5.41) is 7.34. The molecule has 0 radical (unpaired) electrons. The van der Waals surface area contributed by atoms with Gasteiger partial charge in [-0.25, -0.2) is 4.39 Å². The molecular formula is C23H25Cl2FN2O. The number of benzene rings is 2. The second-order valence-corrected chi connectivity index (χ2v) is 9.23. The molecule has 2 atom stereocenters. The number of hydrogen-bond acceptors (Lipinski definition) is 2. The molecule has 2 N–H and O–H groups in total. The van der Waals surface area contributed by atoms with Gasteiger partial charge in [0, 0.05) is 28.7 Å². The number of nitrogens with one attached hydrogen (secondary N) is 2. The Labute approximate surface area is 181 Å². The van der Waals surface area contributed by atoms with Crippen LogP contribution in [-0.4, -0.2) is 18.0 Å². The molecule has 2 aromatic carbocycles. The Bertz CT molecular complexity index is 929. The van der Waals surface area contributed by atoms with E-state index in [0.29, 0.717) is 22.8 Å². The molecule has 1 aliphatic carbocycles. The second-order valence-electron chi connectivity index (χ2n) is 8.39. The van der Waals surface area contributed by atoms with Crippen molar-refractivity contribution >= 4 is 34.8 Å². The number of amides is 1. The van der Waals surface area contributed by atoms with Crippen LogP contribution in [0, 0.1) is 11.2 Å². The van der Waals surface area contributed by atoms with Crippen molar-refractivity contribution < 1.29 is 9.18 Å². The summed E-state index contributed by atoms with van der Waals surface area (Å²) in [4.78, 5) is 13.8. The van der Waals surface area contributed by atoms with E-state index in [1.165, 1.54) is 0 Å². The van der Waals surface area contributed by atoms with E-state index in [0.717, 1.165) is 32.1 Å². The number of carbonyl (C=O) groups excluding carboxylic acids is 1. The van der Waals surface area contributed by atoms with Crippen LogP contribution in [0.3, 0.4) is 0 Å². The second kappa shape index (κ2) is 7.90. The minimum Gasteiger partial charge on any atom is -0.325 e. The predicted octanol–water partition coefficient (Wildman–Crippen LogP) is 6.17. The van der Waals surface area contributed by atoms with Crippen LogP contribution in [0.4, 0.5) is 10.1 Å². The summed E-state index contributed by atoms with van der Waals surface area (Å²) in [6.07, 6.45) is 5.05. The molecule has 1 saturated carbocycles. The van der Waals surface area contributed by atoms with Crippen LogP contribution < -0.4 is 10.6 Å². The average molecular weight is 435 g/mol. The maximum absolute atomic E-state index is 15.0. The molecule has 0 bridgehead atoms. The largest absolute Gasteiger partial charge is 0.325 e. The lowest BCUT2D eigenvalue weighted by Crippen LogP contribution is -2.57. The molecule has 1 saturated heterocycles. The Morgan fingerprint density at radius 1 is 1.14 bits per heavy atom. The molecule has 2 fully saturated rings. The highest BCUT2D eigenvalue weighted by atomic mass is 35.5. The van der Waals surface area contributed by atoms with Gasteiger partial charge < -0.3 is 10.6 Å². The Kier molecular flexibility index (Phi) is 5.62. The summed E-state index contributed by atoms with van der Waals surface area (Å²) in [6.45, 7) is 2.51. The van der Waals surface area contributed by atoms with Crippen molar-refractivity contribution in [2.24, 2.45) is 5.41 Å². The zero-order chi connectivity index (χ0) is 20.6. The van der Waals surface area contributed by atoms with Crippen molar-refractivity contribution in [3.05, 3.63) is 63.9 Å². The van der Waals surface area contributed by atoms with Crippen molar-refractivity contribution in [1.29, 1.82) is 0 Å². The molecule has 2 unspecified atom stereocenters. The van der Waals surface area contributed by atoms with Crippen molar-refractivity contribution in [1.82, 2.24) is 5.32 Å². The lowest BCUT2D eigenvalue weighted by molar-refractivity contribution is -0.129. The van der Waals surface area contributed by atoms with Gasteiger partial charge in [-0.05, 0) is 49.6 Å². The van der Waals surface area contributed by atoms with E-state index in [1.807, 2.05) is 13.0 Å².